The molecule has 118 valence electrons. The van der Waals surface area contributed by atoms with Crippen molar-refractivity contribution in [3.63, 3.8) is 0 Å². The highest BCUT2D eigenvalue weighted by molar-refractivity contribution is 6.33. The van der Waals surface area contributed by atoms with Gasteiger partial charge in [-0.25, -0.2) is 4.98 Å². The van der Waals surface area contributed by atoms with Crippen molar-refractivity contribution in [1.82, 2.24) is 9.88 Å². The van der Waals surface area contributed by atoms with Crippen molar-refractivity contribution < 1.29 is 4.74 Å². The quantitative estimate of drug-likeness (QED) is 0.836. The Bertz CT molecular complexity index is 572. The molecule has 0 unspecified atom stereocenters. The maximum absolute atomic E-state index is 9.04. The monoisotopic (exact) mass is 320 g/mol. The van der Waals surface area contributed by atoms with Crippen LogP contribution in [-0.4, -0.2) is 55.3 Å². The molecule has 0 atom stereocenters. The van der Waals surface area contributed by atoms with Crippen LogP contribution >= 0.6 is 11.6 Å². The fraction of sp³-hybridized carbons (Fsp3) is 0.625. The van der Waals surface area contributed by atoms with Gasteiger partial charge in [-0.3, -0.25) is 4.90 Å². The Hall–Kier alpha value is -1.35. The van der Waals surface area contributed by atoms with Gasteiger partial charge in [0, 0.05) is 45.4 Å². The van der Waals surface area contributed by atoms with Gasteiger partial charge in [-0.1, -0.05) is 11.6 Å². The van der Waals surface area contributed by atoms with E-state index in [9.17, 15) is 0 Å². The Morgan fingerprint density at radius 1 is 1.27 bits per heavy atom. The second-order valence-electron chi connectivity index (χ2n) is 5.91. The van der Waals surface area contributed by atoms with Crippen molar-refractivity contribution in [1.29, 1.82) is 5.26 Å². The molecule has 1 aromatic rings. The summed E-state index contributed by atoms with van der Waals surface area (Å²) in [7, 11) is 0. The highest BCUT2D eigenvalue weighted by Crippen LogP contribution is 2.27. The van der Waals surface area contributed by atoms with Gasteiger partial charge < -0.3 is 9.64 Å². The number of pyridine rings is 1. The van der Waals surface area contributed by atoms with E-state index in [4.69, 9.17) is 21.6 Å². The fourth-order valence-electron chi connectivity index (χ4n) is 3.25. The lowest BCUT2D eigenvalue weighted by Gasteiger charge is -2.41. The zero-order valence-electron chi connectivity index (χ0n) is 12.9. The minimum atomic E-state index is 0.551. The molecule has 0 N–H and O–H groups in total. The molecule has 0 aliphatic carbocycles. The van der Waals surface area contributed by atoms with Crippen LogP contribution in [0.1, 0.15) is 24.1 Å². The molecule has 2 fully saturated rings. The molecule has 22 heavy (non-hydrogen) atoms. The summed E-state index contributed by atoms with van der Waals surface area (Å²) >= 11 is 6.31. The Labute approximate surface area is 136 Å². The summed E-state index contributed by atoms with van der Waals surface area (Å²) in [6.45, 7) is 7.53. The first-order chi connectivity index (χ1) is 10.7. The highest BCUT2D eigenvalue weighted by atomic mass is 35.5. The van der Waals surface area contributed by atoms with Crippen LogP contribution in [0.2, 0.25) is 5.02 Å². The number of aryl methyl sites for hydroxylation is 1. The first-order valence-electron chi connectivity index (χ1n) is 7.83. The van der Waals surface area contributed by atoms with Crippen molar-refractivity contribution in [3.8, 4) is 6.07 Å². The number of nitrogens with zero attached hydrogens (tertiary/aromatic N) is 4. The predicted molar refractivity (Wildman–Crippen MR) is 86.3 cm³/mol. The topological polar surface area (TPSA) is 52.4 Å². The number of hydrogen-bond acceptors (Lipinski definition) is 5. The number of rotatable bonds is 2. The van der Waals surface area contributed by atoms with Gasteiger partial charge >= 0.3 is 0 Å². The molecule has 0 spiro atoms. The van der Waals surface area contributed by atoms with Gasteiger partial charge in [0.15, 0.2) is 0 Å². The lowest BCUT2D eigenvalue weighted by Crippen LogP contribution is -2.52. The van der Waals surface area contributed by atoms with Crippen molar-refractivity contribution in [2.24, 2.45) is 0 Å². The third-order valence-electron chi connectivity index (χ3n) is 4.59. The number of nitriles is 1. The molecule has 0 aromatic carbocycles. The minimum Gasteiger partial charge on any atom is -0.381 e. The lowest BCUT2D eigenvalue weighted by molar-refractivity contribution is 0.0321. The Morgan fingerprint density at radius 3 is 2.59 bits per heavy atom. The van der Waals surface area contributed by atoms with Crippen LogP contribution in [-0.2, 0) is 4.74 Å². The van der Waals surface area contributed by atoms with Crippen LogP contribution in [0.25, 0.3) is 0 Å². The largest absolute Gasteiger partial charge is 0.381 e. The predicted octanol–water partition coefficient (Wildman–Crippen LogP) is 2.22. The van der Waals surface area contributed by atoms with Crippen LogP contribution in [0.3, 0.4) is 0 Å². The summed E-state index contributed by atoms with van der Waals surface area (Å²) in [6, 6.07) is 4.51. The Morgan fingerprint density at radius 2 is 1.95 bits per heavy atom. The summed E-state index contributed by atoms with van der Waals surface area (Å²) in [6.07, 6.45) is 2.27. The van der Waals surface area contributed by atoms with Crippen molar-refractivity contribution in [2.45, 2.75) is 25.8 Å². The van der Waals surface area contributed by atoms with Gasteiger partial charge in [0.2, 0.25) is 0 Å². The lowest BCUT2D eigenvalue weighted by atomic mass is 10.1. The molecule has 3 rings (SSSR count). The molecule has 2 saturated heterocycles. The number of ether oxygens (including phenoxy) is 1. The van der Waals surface area contributed by atoms with Crippen LogP contribution in [0.4, 0.5) is 5.82 Å². The van der Waals surface area contributed by atoms with Crippen molar-refractivity contribution >= 4 is 17.4 Å². The van der Waals surface area contributed by atoms with Gasteiger partial charge in [0.05, 0.1) is 16.3 Å². The maximum atomic E-state index is 9.04. The molecule has 3 heterocycles. The minimum absolute atomic E-state index is 0.551. The molecule has 2 aliphatic rings. The molecular weight excluding hydrogens is 300 g/mol. The van der Waals surface area contributed by atoms with E-state index in [0.717, 1.165) is 63.7 Å². The SMILES string of the molecule is Cc1nc(N2CCN(C3CCOCC3)CC2)c(Cl)cc1C#N. The molecule has 6 heteroatoms. The van der Waals surface area contributed by atoms with Gasteiger partial charge in [0.1, 0.15) is 11.9 Å². The number of aromatic nitrogens is 1. The van der Waals surface area contributed by atoms with E-state index >= 15 is 0 Å². The van der Waals surface area contributed by atoms with Crippen LogP contribution in [0.5, 0.6) is 0 Å². The first kappa shape index (κ1) is 15.5. The van der Waals surface area contributed by atoms with E-state index in [2.05, 4.69) is 20.9 Å². The van der Waals surface area contributed by atoms with Crippen molar-refractivity contribution in [3.05, 3.63) is 22.3 Å². The maximum Gasteiger partial charge on any atom is 0.147 e. The highest BCUT2D eigenvalue weighted by Gasteiger charge is 2.26. The summed E-state index contributed by atoms with van der Waals surface area (Å²) in [5.74, 6) is 0.810. The second-order valence-corrected chi connectivity index (χ2v) is 6.31. The second kappa shape index (κ2) is 6.82. The van der Waals surface area contributed by atoms with Crippen LogP contribution < -0.4 is 4.90 Å². The van der Waals surface area contributed by atoms with Gasteiger partial charge in [-0.05, 0) is 25.8 Å². The molecule has 0 amide bonds. The average Bonchev–Trinajstić information content (AvgIpc) is 2.57. The number of piperazine rings is 1. The Balaban J connectivity index is 1.66. The van der Waals surface area contributed by atoms with Crippen molar-refractivity contribution in [2.75, 3.05) is 44.3 Å². The van der Waals surface area contributed by atoms with E-state index < -0.39 is 0 Å². The normalized spacial score (nSPS) is 20.9. The molecule has 2 aliphatic heterocycles. The number of anilines is 1. The Kier molecular flexibility index (Phi) is 4.82. The third-order valence-corrected chi connectivity index (χ3v) is 4.87. The van der Waals surface area contributed by atoms with Gasteiger partial charge in [0.25, 0.3) is 0 Å². The standard InChI is InChI=1S/C16H21ClN4O/c1-12-13(11-18)10-15(17)16(19-12)21-6-4-20(5-7-21)14-2-8-22-9-3-14/h10,14H,2-9H2,1H3. The van der Waals surface area contributed by atoms with E-state index in [1.54, 1.807) is 6.07 Å². The number of hydrogen-bond donors (Lipinski definition) is 0. The summed E-state index contributed by atoms with van der Waals surface area (Å²) < 4.78 is 5.44. The summed E-state index contributed by atoms with van der Waals surface area (Å²) in [4.78, 5) is 9.33. The summed E-state index contributed by atoms with van der Waals surface area (Å²) in [5, 5.41) is 9.61. The van der Waals surface area contributed by atoms with E-state index in [1.807, 2.05) is 6.92 Å². The zero-order chi connectivity index (χ0) is 15.5. The fourth-order valence-corrected chi connectivity index (χ4v) is 3.52. The van der Waals surface area contributed by atoms with E-state index in [1.165, 1.54) is 0 Å². The molecule has 1 aromatic heterocycles. The van der Waals surface area contributed by atoms with Crippen LogP contribution in [0.15, 0.2) is 6.07 Å². The molecule has 5 nitrogen and oxygen atoms in total. The summed E-state index contributed by atoms with van der Waals surface area (Å²) in [5.41, 5.74) is 1.29. The molecule has 0 radical (unpaired) electrons. The zero-order valence-corrected chi connectivity index (χ0v) is 13.6. The average molecular weight is 321 g/mol. The first-order valence-corrected chi connectivity index (χ1v) is 8.21. The van der Waals surface area contributed by atoms with Crippen LogP contribution in [0, 0.1) is 18.3 Å². The smallest absolute Gasteiger partial charge is 0.147 e. The number of halogens is 1. The van der Waals surface area contributed by atoms with E-state index in [0.29, 0.717) is 16.6 Å². The van der Waals surface area contributed by atoms with Gasteiger partial charge in [-0.15, -0.1) is 0 Å². The third kappa shape index (κ3) is 3.19. The van der Waals surface area contributed by atoms with E-state index in [-0.39, 0.29) is 0 Å². The van der Waals surface area contributed by atoms with Gasteiger partial charge in [-0.2, -0.15) is 5.26 Å². The molecule has 0 bridgehead atoms. The molecule has 0 saturated carbocycles. The molecular formula is C16H21ClN4O.